The van der Waals surface area contributed by atoms with Crippen molar-refractivity contribution in [2.75, 3.05) is 13.1 Å². The van der Waals surface area contributed by atoms with Gasteiger partial charge in [0.05, 0.1) is 6.04 Å². The van der Waals surface area contributed by atoms with Crippen molar-refractivity contribution < 1.29 is 19.8 Å². The summed E-state index contributed by atoms with van der Waals surface area (Å²) in [7, 11) is 0. The van der Waals surface area contributed by atoms with Gasteiger partial charge in [0, 0.05) is 24.2 Å². The Morgan fingerprint density at radius 3 is 1.45 bits per heavy atom. The molecule has 0 spiro atoms. The molecule has 156 valence electrons. The summed E-state index contributed by atoms with van der Waals surface area (Å²) >= 11 is 0. The maximum atomic E-state index is 12.2. The lowest BCUT2D eigenvalue weighted by molar-refractivity contribution is 0.0487. The average molecular weight is 399 g/mol. The second-order valence-corrected chi connectivity index (χ2v) is 8.20. The number of carbonyl (C=O) groups is 2. The number of benzene rings is 2. The topological polar surface area (TPSA) is 113 Å². The highest BCUT2D eigenvalue weighted by Gasteiger charge is 2.26. The van der Waals surface area contributed by atoms with Gasteiger partial charge in [0.25, 0.3) is 0 Å². The number of Topliss-reactive ketones (excluding diaryl/α,β-unsaturated/α-hetero) is 2. The van der Waals surface area contributed by atoms with Crippen LogP contribution in [-0.4, -0.2) is 46.1 Å². The smallest absolute Gasteiger partial charge is 0.193 e. The van der Waals surface area contributed by atoms with Crippen LogP contribution in [0.3, 0.4) is 0 Å². The molecule has 0 atom stereocenters. The van der Waals surface area contributed by atoms with Gasteiger partial charge in [0.1, 0.15) is 11.2 Å². The number of nitrogens with one attached hydrogen (secondary N) is 1. The Balaban J connectivity index is 2.32. The molecule has 0 amide bonds. The lowest BCUT2D eigenvalue weighted by Gasteiger charge is -2.21. The molecule has 0 fully saturated rings. The molecule has 0 unspecified atom stereocenters. The Morgan fingerprint density at radius 2 is 1.17 bits per heavy atom. The van der Waals surface area contributed by atoms with Crippen LogP contribution in [0.25, 0.3) is 0 Å². The van der Waals surface area contributed by atoms with E-state index in [0.29, 0.717) is 24.2 Å². The second kappa shape index (κ2) is 8.97. The van der Waals surface area contributed by atoms with Crippen molar-refractivity contribution in [2.24, 2.45) is 5.73 Å². The first kappa shape index (κ1) is 22.9. The fourth-order valence-corrected chi connectivity index (χ4v) is 3.02. The summed E-state index contributed by atoms with van der Waals surface area (Å²) in [5.74, 6) is -0.685. The number of hydrogen-bond acceptors (Lipinski definition) is 6. The van der Waals surface area contributed by atoms with E-state index in [0.717, 1.165) is 11.1 Å². The van der Waals surface area contributed by atoms with E-state index in [1.54, 1.807) is 24.3 Å². The lowest BCUT2D eigenvalue weighted by Crippen LogP contribution is -2.31. The highest BCUT2D eigenvalue weighted by molar-refractivity contribution is 6.02. The van der Waals surface area contributed by atoms with Crippen LogP contribution < -0.4 is 11.1 Å². The fraction of sp³-hybridized carbons (Fsp3) is 0.391. The summed E-state index contributed by atoms with van der Waals surface area (Å²) in [5, 5.41) is 23.2. The molecule has 0 heterocycles. The zero-order valence-electron chi connectivity index (χ0n) is 17.4. The summed E-state index contributed by atoms with van der Waals surface area (Å²) in [4.78, 5) is 24.5. The van der Waals surface area contributed by atoms with Crippen molar-refractivity contribution in [1.29, 1.82) is 0 Å². The normalized spacial score (nSPS) is 12.3. The van der Waals surface area contributed by atoms with Crippen LogP contribution in [0.2, 0.25) is 0 Å². The zero-order chi connectivity index (χ0) is 21.8. The molecule has 0 saturated heterocycles. The van der Waals surface area contributed by atoms with Gasteiger partial charge >= 0.3 is 0 Å². The van der Waals surface area contributed by atoms with E-state index in [9.17, 15) is 19.8 Å². The zero-order valence-corrected chi connectivity index (χ0v) is 17.4. The Kier molecular flexibility index (Phi) is 7.08. The van der Waals surface area contributed by atoms with Gasteiger partial charge < -0.3 is 21.3 Å². The first-order valence-corrected chi connectivity index (χ1v) is 9.63. The van der Waals surface area contributed by atoms with Crippen molar-refractivity contribution in [3.8, 4) is 0 Å². The summed E-state index contributed by atoms with van der Waals surface area (Å²) < 4.78 is 0. The maximum absolute atomic E-state index is 12.2. The number of aliphatic hydroxyl groups is 2. The summed E-state index contributed by atoms with van der Waals surface area (Å²) in [5.41, 5.74) is 5.51. The Labute approximate surface area is 171 Å². The fourth-order valence-electron chi connectivity index (χ4n) is 3.02. The number of hydrogen-bond donors (Lipinski definition) is 4. The van der Waals surface area contributed by atoms with Gasteiger partial charge in [-0.2, -0.15) is 0 Å². The standard InChI is InChI=1S/C23H30N2O4/c1-22(2,28)20(26)17-9-5-15(6-10-17)19(25-14-13-24)16-7-11-18(12-8-16)21(27)23(3,4)29/h5-12,19,25,28-29H,13-14,24H2,1-4H3. The quantitative estimate of drug-likeness (QED) is 0.482. The summed E-state index contributed by atoms with van der Waals surface area (Å²) in [6, 6.07) is 13.9. The minimum absolute atomic E-state index is 0.184. The minimum Gasteiger partial charge on any atom is -0.382 e. The Morgan fingerprint density at radius 1 is 0.828 bits per heavy atom. The molecule has 2 aromatic carbocycles. The van der Waals surface area contributed by atoms with Crippen LogP contribution in [0.15, 0.2) is 48.5 Å². The van der Waals surface area contributed by atoms with E-state index in [4.69, 9.17) is 5.73 Å². The molecular weight excluding hydrogens is 368 g/mol. The van der Waals surface area contributed by atoms with Crippen LogP contribution >= 0.6 is 0 Å². The molecule has 0 aromatic heterocycles. The van der Waals surface area contributed by atoms with Crippen molar-refractivity contribution >= 4 is 11.6 Å². The molecule has 6 nitrogen and oxygen atoms in total. The number of rotatable bonds is 9. The first-order chi connectivity index (χ1) is 13.4. The van der Waals surface area contributed by atoms with Gasteiger partial charge in [-0.25, -0.2) is 0 Å². The maximum Gasteiger partial charge on any atom is 0.193 e. The predicted molar refractivity (Wildman–Crippen MR) is 113 cm³/mol. The van der Waals surface area contributed by atoms with E-state index < -0.39 is 11.2 Å². The van der Waals surface area contributed by atoms with Gasteiger partial charge in [-0.1, -0.05) is 48.5 Å². The molecule has 5 N–H and O–H groups in total. The van der Waals surface area contributed by atoms with Crippen LogP contribution in [0.1, 0.15) is 65.6 Å². The third-order valence-corrected chi connectivity index (χ3v) is 4.62. The molecule has 0 saturated carbocycles. The van der Waals surface area contributed by atoms with Gasteiger partial charge in [-0.05, 0) is 38.8 Å². The average Bonchev–Trinajstić information content (AvgIpc) is 2.66. The molecule has 0 aliphatic heterocycles. The van der Waals surface area contributed by atoms with Crippen molar-refractivity contribution in [2.45, 2.75) is 44.9 Å². The summed E-state index contributed by atoms with van der Waals surface area (Å²) in [6.45, 7) is 6.90. The molecule has 2 aromatic rings. The van der Waals surface area contributed by atoms with E-state index in [-0.39, 0.29) is 17.6 Å². The molecule has 0 aliphatic rings. The van der Waals surface area contributed by atoms with Crippen LogP contribution in [0, 0.1) is 0 Å². The molecule has 0 bridgehead atoms. The largest absolute Gasteiger partial charge is 0.382 e. The molecular formula is C23H30N2O4. The van der Waals surface area contributed by atoms with Crippen LogP contribution in [0.5, 0.6) is 0 Å². The Hall–Kier alpha value is -2.38. The monoisotopic (exact) mass is 398 g/mol. The number of carbonyl (C=O) groups excluding carboxylic acids is 2. The van der Waals surface area contributed by atoms with E-state index in [1.807, 2.05) is 24.3 Å². The van der Waals surface area contributed by atoms with E-state index in [1.165, 1.54) is 27.7 Å². The molecule has 6 heteroatoms. The highest BCUT2D eigenvalue weighted by Crippen LogP contribution is 2.25. The van der Waals surface area contributed by atoms with E-state index >= 15 is 0 Å². The third-order valence-electron chi connectivity index (χ3n) is 4.62. The van der Waals surface area contributed by atoms with Gasteiger partial charge in [0.2, 0.25) is 0 Å². The minimum atomic E-state index is -1.43. The summed E-state index contributed by atoms with van der Waals surface area (Å²) in [6.07, 6.45) is 0. The second-order valence-electron chi connectivity index (χ2n) is 8.20. The predicted octanol–water partition coefficient (Wildman–Crippen LogP) is 2.23. The number of ketones is 2. The molecule has 0 aliphatic carbocycles. The van der Waals surface area contributed by atoms with Crippen LogP contribution in [-0.2, 0) is 0 Å². The van der Waals surface area contributed by atoms with E-state index in [2.05, 4.69) is 5.32 Å². The third kappa shape index (κ3) is 5.81. The van der Waals surface area contributed by atoms with Gasteiger partial charge in [0.15, 0.2) is 11.6 Å². The number of nitrogens with two attached hydrogens (primary N) is 1. The molecule has 0 radical (unpaired) electrons. The van der Waals surface area contributed by atoms with Crippen molar-refractivity contribution in [3.63, 3.8) is 0 Å². The highest BCUT2D eigenvalue weighted by atomic mass is 16.3. The lowest BCUT2D eigenvalue weighted by atomic mass is 9.91. The van der Waals surface area contributed by atoms with Gasteiger partial charge in [-0.3, -0.25) is 9.59 Å². The van der Waals surface area contributed by atoms with Crippen molar-refractivity contribution in [3.05, 3.63) is 70.8 Å². The SMILES string of the molecule is CC(C)(O)C(=O)c1ccc(C(NCCN)c2ccc(C(=O)C(C)(C)O)cc2)cc1. The molecule has 29 heavy (non-hydrogen) atoms. The Bertz CT molecular complexity index is 775. The van der Waals surface area contributed by atoms with Crippen LogP contribution in [0.4, 0.5) is 0 Å². The van der Waals surface area contributed by atoms with Gasteiger partial charge in [-0.15, -0.1) is 0 Å². The molecule has 2 rings (SSSR count). The first-order valence-electron chi connectivity index (χ1n) is 9.63. The van der Waals surface area contributed by atoms with Crippen molar-refractivity contribution in [1.82, 2.24) is 5.32 Å².